The number of nitrogens with zero attached hydrogens (tertiary/aromatic N) is 1. The summed E-state index contributed by atoms with van der Waals surface area (Å²) in [4.78, 5) is 14.7. The molecule has 1 amide bonds. The van der Waals surface area contributed by atoms with Gasteiger partial charge in [0, 0.05) is 12.1 Å². The second-order valence-corrected chi connectivity index (χ2v) is 6.35. The standard InChI is InChI=1S/C18H26N2O/c21-18(19-10-5-13-20-11-3-4-12-20)17-9-8-15-6-1-2-7-16(15)14-17/h8-9,14H,1-7,10-13H2,(H,19,21). The third-order valence-electron chi connectivity index (χ3n) is 4.75. The van der Waals surface area contributed by atoms with Crippen molar-refractivity contribution in [3.05, 3.63) is 34.9 Å². The quantitative estimate of drug-likeness (QED) is 0.844. The summed E-state index contributed by atoms with van der Waals surface area (Å²) in [7, 11) is 0. The van der Waals surface area contributed by atoms with Crippen LogP contribution in [0.25, 0.3) is 0 Å². The van der Waals surface area contributed by atoms with Crippen LogP contribution in [0.2, 0.25) is 0 Å². The Balaban J connectivity index is 1.46. The monoisotopic (exact) mass is 286 g/mol. The van der Waals surface area contributed by atoms with Crippen molar-refractivity contribution >= 4 is 5.91 Å². The third-order valence-corrected chi connectivity index (χ3v) is 4.75. The summed E-state index contributed by atoms with van der Waals surface area (Å²) in [5, 5.41) is 3.06. The van der Waals surface area contributed by atoms with Gasteiger partial charge in [0.1, 0.15) is 0 Å². The summed E-state index contributed by atoms with van der Waals surface area (Å²) in [5.41, 5.74) is 3.65. The number of hydrogen-bond acceptors (Lipinski definition) is 2. The van der Waals surface area contributed by atoms with Crippen LogP contribution in [0.1, 0.15) is 53.6 Å². The maximum atomic E-state index is 12.2. The zero-order chi connectivity index (χ0) is 14.5. The molecule has 1 aromatic rings. The lowest BCUT2D eigenvalue weighted by Gasteiger charge is -2.17. The van der Waals surface area contributed by atoms with Crippen LogP contribution >= 0.6 is 0 Å². The molecule has 1 fully saturated rings. The molecule has 0 aromatic heterocycles. The van der Waals surface area contributed by atoms with Crippen molar-refractivity contribution in [2.75, 3.05) is 26.2 Å². The smallest absolute Gasteiger partial charge is 0.251 e. The minimum Gasteiger partial charge on any atom is -0.352 e. The highest BCUT2D eigenvalue weighted by molar-refractivity contribution is 5.94. The molecular formula is C18H26N2O. The molecule has 114 valence electrons. The van der Waals surface area contributed by atoms with Crippen LogP contribution in [-0.2, 0) is 12.8 Å². The first-order chi connectivity index (χ1) is 10.3. The Morgan fingerprint density at radius 3 is 2.62 bits per heavy atom. The fourth-order valence-electron chi connectivity index (χ4n) is 3.49. The van der Waals surface area contributed by atoms with E-state index < -0.39 is 0 Å². The van der Waals surface area contributed by atoms with E-state index in [0.717, 1.165) is 31.5 Å². The molecule has 0 atom stereocenters. The highest BCUT2D eigenvalue weighted by Gasteiger charge is 2.13. The molecule has 1 aliphatic carbocycles. The largest absolute Gasteiger partial charge is 0.352 e. The topological polar surface area (TPSA) is 32.3 Å². The van der Waals surface area contributed by atoms with Gasteiger partial charge in [-0.15, -0.1) is 0 Å². The van der Waals surface area contributed by atoms with E-state index in [-0.39, 0.29) is 5.91 Å². The van der Waals surface area contributed by atoms with Crippen molar-refractivity contribution in [3.63, 3.8) is 0 Å². The number of fused-ring (bicyclic) bond motifs is 1. The second kappa shape index (κ2) is 7.08. The van der Waals surface area contributed by atoms with Crippen LogP contribution in [0.3, 0.4) is 0 Å². The number of hydrogen-bond donors (Lipinski definition) is 1. The normalized spacial score (nSPS) is 18.5. The first-order valence-corrected chi connectivity index (χ1v) is 8.45. The third kappa shape index (κ3) is 3.85. The number of amides is 1. The zero-order valence-electron chi connectivity index (χ0n) is 12.9. The molecule has 3 heteroatoms. The van der Waals surface area contributed by atoms with Crippen LogP contribution in [0.4, 0.5) is 0 Å². The maximum Gasteiger partial charge on any atom is 0.251 e. The minimum atomic E-state index is 0.0878. The summed E-state index contributed by atoms with van der Waals surface area (Å²) < 4.78 is 0. The minimum absolute atomic E-state index is 0.0878. The van der Waals surface area contributed by atoms with Crippen LogP contribution in [-0.4, -0.2) is 37.0 Å². The average Bonchev–Trinajstić information content (AvgIpc) is 3.04. The van der Waals surface area contributed by atoms with E-state index in [1.807, 2.05) is 6.07 Å². The summed E-state index contributed by atoms with van der Waals surface area (Å²) in [6, 6.07) is 6.23. The lowest BCUT2D eigenvalue weighted by molar-refractivity contribution is 0.0952. The Morgan fingerprint density at radius 2 is 1.81 bits per heavy atom. The van der Waals surface area contributed by atoms with E-state index in [4.69, 9.17) is 0 Å². The van der Waals surface area contributed by atoms with E-state index in [9.17, 15) is 4.79 Å². The number of carbonyl (C=O) groups excluding carboxylic acids is 1. The van der Waals surface area contributed by atoms with E-state index in [2.05, 4.69) is 22.3 Å². The first kappa shape index (κ1) is 14.6. The molecule has 21 heavy (non-hydrogen) atoms. The summed E-state index contributed by atoms with van der Waals surface area (Å²) in [5.74, 6) is 0.0878. The van der Waals surface area contributed by atoms with Gasteiger partial charge in [-0.2, -0.15) is 0 Å². The number of nitrogens with one attached hydrogen (secondary N) is 1. The van der Waals surface area contributed by atoms with E-state index in [0.29, 0.717) is 0 Å². The number of benzene rings is 1. The lowest BCUT2D eigenvalue weighted by atomic mass is 9.90. The summed E-state index contributed by atoms with van der Waals surface area (Å²) in [6.45, 7) is 4.37. The van der Waals surface area contributed by atoms with Crippen LogP contribution in [0.5, 0.6) is 0 Å². The van der Waals surface area contributed by atoms with Gasteiger partial charge in [-0.3, -0.25) is 4.79 Å². The predicted octanol–water partition coefficient (Wildman–Crippen LogP) is 2.78. The SMILES string of the molecule is O=C(NCCCN1CCCC1)c1ccc2c(c1)CCCC2. The molecule has 1 N–H and O–H groups in total. The molecule has 2 aliphatic rings. The van der Waals surface area contributed by atoms with Gasteiger partial charge in [0.25, 0.3) is 5.91 Å². The molecule has 0 saturated carbocycles. The van der Waals surface area contributed by atoms with Gasteiger partial charge in [-0.1, -0.05) is 6.07 Å². The number of aryl methyl sites for hydroxylation is 2. The molecule has 1 aromatic carbocycles. The van der Waals surface area contributed by atoms with Crippen LogP contribution in [0, 0.1) is 0 Å². The maximum absolute atomic E-state index is 12.2. The molecule has 3 nitrogen and oxygen atoms in total. The molecule has 1 aliphatic heterocycles. The van der Waals surface area contributed by atoms with Crippen LogP contribution in [0.15, 0.2) is 18.2 Å². The summed E-state index contributed by atoms with van der Waals surface area (Å²) in [6.07, 6.45) is 8.57. The van der Waals surface area contributed by atoms with Gasteiger partial charge >= 0.3 is 0 Å². The van der Waals surface area contributed by atoms with E-state index in [1.54, 1.807) is 0 Å². The molecular weight excluding hydrogens is 260 g/mol. The highest BCUT2D eigenvalue weighted by atomic mass is 16.1. The van der Waals surface area contributed by atoms with Crippen molar-refractivity contribution in [1.82, 2.24) is 10.2 Å². The van der Waals surface area contributed by atoms with Crippen molar-refractivity contribution < 1.29 is 4.79 Å². The highest BCUT2D eigenvalue weighted by Crippen LogP contribution is 2.22. The van der Waals surface area contributed by atoms with Gasteiger partial charge in [0.05, 0.1) is 0 Å². The number of likely N-dealkylation sites (tertiary alicyclic amines) is 1. The van der Waals surface area contributed by atoms with Gasteiger partial charge in [0.2, 0.25) is 0 Å². The number of rotatable bonds is 5. The van der Waals surface area contributed by atoms with Gasteiger partial charge in [-0.05, 0) is 87.8 Å². The Kier molecular flexibility index (Phi) is 4.91. The van der Waals surface area contributed by atoms with E-state index in [1.165, 1.54) is 56.3 Å². The Bertz CT molecular complexity index is 492. The molecule has 0 unspecified atom stereocenters. The Hall–Kier alpha value is -1.35. The average molecular weight is 286 g/mol. The molecule has 0 spiro atoms. The summed E-state index contributed by atoms with van der Waals surface area (Å²) >= 11 is 0. The number of carbonyl (C=O) groups is 1. The molecule has 0 bridgehead atoms. The van der Waals surface area contributed by atoms with Crippen molar-refractivity contribution in [2.24, 2.45) is 0 Å². The molecule has 1 saturated heterocycles. The van der Waals surface area contributed by atoms with Crippen molar-refractivity contribution in [3.8, 4) is 0 Å². The van der Waals surface area contributed by atoms with Crippen LogP contribution < -0.4 is 5.32 Å². The Morgan fingerprint density at radius 1 is 1.05 bits per heavy atom. The molecule has 0 radical (unpaired) electrons. The predicted molar refractivity (Wildman–Crippen MR) is 85.7 cm³/mol. The zero-order valence-corrected chi connectivity index (χ0v) is 12.9. The second-order valence-electron chi connectivity index (χ2n) is 6.35. The fraction of sp³-hybridized carbons (Fsp3) is 0.611. The molecule has 3 rings (SSSR count). The molecule has 1 heterocycles. The Labute approximate surface area is 127 Å². The lowest BCUT2D eigenvalue weighted by Crippen LogP contribution is -2.28. The first-order valence-electron chi connectivity index (χ1n) is 8.45. The van der Waals surface area contributed by atoms with E-state index >= 15 is 0 Å². The van der Waals surface area contributed by atoms with Crippen molar-refractivity contribution in [1.29, 1.82) is 0 Å². The van der Waals surface area contributed by atoms with Gasteiger partial charge in [-0.25, -0.2) is 0 Å². The van der Waals surface area contributed by atoms with Gasteiger partial charge < -0.3 is 10.2 Å². The van der Waals surface area contributed by atoms with Gasteiger partial charge in [0.15, 0.2) is 0 Å². The van der Waals surface area contributed by atoms with Crippen molar-refractivity contribution in [2.45, 2.75) is 44.9 Å². The fourth-order valence-corrected chi connectivity index (χ4v) is 3.49.